The topological polar surface area (TPSA) is 79.4 Å². The van der Waals surface area contributed by atoms with Gasteiger partial charge < -0.3 is 15.4 Å². The second-order valence-corrected chi connectivity index (χ2v) is 7.94. The molecule has 33 heavy (non-hydrogen) atoms. The van der Waals surface area contributed by atoms with Gasteiger partial charge in [0.1, 0.15) is 17.4 Å². The fraction of sp³-hybridized carbons (Fsp3) is 0.476. The summed E-state index contributed by atoms with van der Waals surface area (Å²) in [5.74, 6) is -3.15. The third-order valence-corrected chi connectivity index (χ3v) is 5.19. The van der Waals surface area contributed by atoms with Crippen LogP contribution in [-0.2, 0) is 11.3 Å². The molecule has 0 aliphatic carbocycles. The predicted molar refractivity (Wildman–Crippen MR) is 110 cm³/mol. The number of hydrogen-bond donors (Lipinski definition) is 2. The Morgan fingerprint density at radius 3 is 2.70 bits per heavy atom. The number of anilines is 2. The largest absolute Gasteiger partial charge is 0.573 e. The third-order valence-electron chi connectivity index (χ3n) is 5.19. The van der Waals surface area contributed by atoms with Gasteiger partial charge in [-0.15, -0.1) is 13.2 Å². The van der Waals surface area contributed by atoms with Crippen molar-refractivity contribution in [1.29, 1.82) is 0 Å². The number of alkyl halides is 5. The zero-order valence-corrected chi connectivity index (χ0v) is 18.0. The lowest BCUT2D eigenvalue weighted by Gasteiger charge is -2.39. The summed E-state index contributed by atoms with van der Waals surface area (Å²) in [6.07, 6.45) is -2.16. The summed E-state index contributed by atoms with van der Waals surface area (Å²) in [4.78, 5) is 21.1. The number of pyridine rings is 2. The Kier molecular flexibility index (Phi) is 7.35. The van der Waals surface area contributed by atoms with Gasteiger partial charge >= 0.3 is 6.36 Å². The van der Waals surface area contributed by atoms with Crippen LogP contribution in [0, 0.1) is 6.92 Å². The SMILES string of the molecule is CC(=O)NC[C@H]1CCC(F)(F)CN1Cc1cc(Nc2cc(OC(F)(F)F)ccn2)ncc1C. The fourth-order valence-corrected chi connectivity index (χ4v) is 3.57. The number of ether oxygens (including phenoxy) is 1. The zero-order chi connectivity index (χ0) is 24.2. The first-order valence-corrected chi connectivity index (χ1v) is 10.2. The molecule has 1 saturated heterocycles. The highest BCUT2D eigenvalue weighted by atomic mass is 19.4. The molecule has 12 heteroatoms. The van der Waals surface area contributed by atoms with Gasteiger partial charge in [0.25, 0.3) is 5.92 Å². The van der Waals surface area contributed by atoms with E-state index in [1.165, 1.54) is 6.92 Å². The summed E-state index contributed by atoms with van der Waals surface area (Å²) in [7, 11) is 0. The van der Waals surface area contributed by atoms with Crippen LogP contribution in [-0.4, -0.2) is 52.2 Å². The average molecular weight is 473 g/mol. The molecule has 0 aromatic carbocycles. The summed E-state index contributed by atoms with van der Waals surface area (Å²) in [5, 5.41) is 5.50. The quantitative estimate of drug-likeness (QED) is 0.588. The second-order valence-electron chi connectivity index (χ2n) is 7.94. The monoisotopic (exact) mass is 473 g/mol. The molecule has 0 spiro atoms. The van der Waals surface area contributed by atoms with E-state index in [2.05, 4.69) is 25.3 Å². The first kappa shape index (κ1) is 24.6. The van der Waals surface area contributed by atoms with Crippen molar-refractivity contribution in [2.24, 2.45) is 0 Å². The number of nitrogens with one attached hydrogen (secondary N) is 2. The second kappa shape index (κ2) is 9.86. The Labute approximate surface area is 187 Å². The molecule has 2 N–H and O–H groups in total. The van der Waals surface area contributed by atoms with Crippen LogP contribution in [0.15, 0.2) is 30.6 Å². The molecule has 1 amide bonds. The molecular formula is C21H24F5N5O2. The van der Waals surface area contributed by atoms with E-state index in [9.17, 15) is 26.7 Å². The van der Waals surface area contributed by atoms with Crippen LogP contribution >= 0.6 is 0 Å². The van der Waals surface area contributed by atoms with E-state index in [1.807, 2.05) is 0 Å². The van der Waals surface area contributed by atoms with Crippen molar-refractivity contribution in [3.8, 4) is 5.75 Å². The van der Waals surface area contributed by atoms with Crippen LogP contribution in [0.25, 0.3) is 0 Å². The van der Waals surface area contributed by atoms with Crippen molar-refractivity contribution in [3.05, 3.63) is 41.7 Å². The van der Waals surface area contributed by atoms with Crippen LogP contribution in [0.5, 0.6) is 5.75 Å². The maximum atomic E-state index is 14.1. The first-order chi connectivity index (χ1) is 15.4. The molecule has 7 nitrogen and oxygen atoms in total. The maximum absolute atomic E-state index is 14.1. The standard InChI is InChI=1S/C21H24F5N5O2/c1-13-9-29-18(30-19-8-17(4-6-27-19)33-21(24,25)26)7-15(13)11-31-12-20(22,23)5-3-16(31)10-28-14(2)32/h4,6-9,16H,3,5,10-12H2,1-2H3,(H,28,32)(H,27,29,30)/t16-/m1/s1. The van der Waals surface area contributed by atoms with Crippen molar-refractivity contribution in [1.82, 2.24) is 20.2 Å². The zero-order valence-electron chi connectivity index (χ0n) is 18.0. The molecule has 0 unspecified atom stereocenters. The molecule has 0 saturated carbocycles. The van der Waals surface area contributed by atoms with Gasteiger partial charge in [-0.05, 0) is 36.6 Å². The molecular weight excluding hydrogens is 449 g/mol. The van der Waals surface area contributed by atoms with Crippen molar-refractivity contribution in [3.63, 3.8) is 0 Å². The minimum atomic E-state index is -4.84. The Bertz CT molecular complexity index is 986. The number of carbonyl (C=O) groups excluding carboxylic acids is 1. The molecule has 180 valence electrons. The lowest BCUT2D eigenvalue weighted by molar-refractivity contribution is -0.274. The average Bonchev–Trinajstić information content (AvgIpc) is 2.68. The summed E-state index contributed by atoms with van der Waals surface area (Å²) >= 11 is 0. The Morgan fingerprint density at radius 2 is 2.00 bits per heavy atom. The molecule has 0 bridgehead atoms. The maximum Gasteiger partial charge on any atom is 0.573 e. The third kappa shape index (κ3) is 7.52. The predicted octanol–water partition coefficient (Wildman–Crippen LogP) is 4.16. The number of aryl methyl sites for hydroxylation is 1. The van der Waals surface area contributed by atoms with Gasteiger partial charge in [0, 0.05) is 50.9 Å². The highest BCUT2D eigenvalue weighted by Crippen LogP contribution is 2.32. The van der Waals surface area contributed by atoms with E-state index in [0.29, 0.717) is 5.56 Å². The number of halogens is 5. The molecule has 1 aliphatic heterocycles. The summed E-state index contributed by atoms with van der Waals surface area (Å²) < 4.78 is 69.4. The number of hydrogen-bond acceptors (Lipinski definition) is 6. The van der Waals surface area contributed by atoms with Gasteiger partial charge in [-0.3, -0.25) is 9.69 Å². The molecule has 2 aromatic heterocycles. The van der Waals surface area contributed by atoms with E-state index < -0.39 is 24.6 Å². The Hall–Kier alpha value is -3.02. The number of likely N-dealkylation sites (tertiary alicyclic amines) is 1. The van der Waals surface area contributed by atoms with Gasteiger partial charge in [0.2, 0.25) is 5.91 Å². The molecule has 3 heterocycles. The number of piperidine rings is 1. The van der Waals surface area contributed by atoms with E-state index in [4.69, 9.17) is 0 Å². The van der Waals surface area contributed by atoms with E-state index in [1.54, 1.807) is 24.1 Å². The van der Waals surface area contributed by atoms with E-state index in [0.717, 1.165) is 23.9 Å². The van der Waals surface area contributed by atoms with E-state index >= 15 is 0 Å². The normalized spacial score (nSPS) is 18.6. The molecule has 2 aromatic rings. The van der Waals surface area contributed by atoms with Crippen LogP contribution in [0.2, 0.25) is 0 Å². The van der Waals surface area contributed by atoms with Crippen molar-refractivity contribution in [2.45, 2.75) is 51.6 Å². The summed E-state index contributed by atoms with van der Waals surface area (Å²) in [6.45, 7) is 3.16. The van der Waals surface area contributed by atoms with E-state index in [-0.39, 0.29) is 49.5 Å². The fourth-order valence-electron chi connectivity index (χ4n) is 3.57. The number of carbonyl (C=O) groups is 1. The number of rotatable bonds is 7. The van der Waals surface area contributed by atoms with Gasteiger partial charge in [0.05, 0.1) is 6.54 Å². The number of aromatic nitrogens is 2. The van der Waals surface area contributed by atoms with Gasteiger partial charge in [-0.25, -0.2) is 18.7 Å². The Morgan fingerprint density at radius 1 is 1.27 bits per heavy atom. The van der Waals surface area contributed by atoms with Crippen LogP contribution in [0.3, 0.4) is 0 Å². The molecule has 1 aliphatic rings. The van der Waals surface area contributed by atoms with Crippen LogP contribution in [0.1, 0.15) is 30.9 Å². The Balaban J connectivity index is 1.76. The highest BCUT2D eigenvalue weighted by molar-refractivity contribution is 5.72. The molecule has 1 atom stereocenters. The van der Waals surface area contributed by atoms with Gasteiger partial charge in [-0.1, -0.05) is 0 Å². The van der Waals surface area contributed by atoms with Crippen LogP contribution < -0.4 is 15.4 Å². The molecule has 0 radical (unpaired) electrons. The minimum absolute atomic E-state index is 0.0760. The van der Waals surface area contributed by atoms with Gasteiger partial charge in [-0.2, -0.15) is 0 Å². The van der Waals surface area contributed by atoms with Crippen molar-refractivity contribution < 1.29 is 31.5 Å². The first-order valence-electron chi connectivity index (χ1n) is 10.2. The van der Waals surface area contributed by atoms with Crippen molar-refractivity contribution >= 4 is 17.5 Å². The number of amides is 1. The van der Waals surface area contributed by atoms with Crippen molar-refractivity contribution in [2.75, 3.05) is 18.4 Å². The lowest BCUT2D eigenvalue weighted by Crippen LogP contribution is -2.52. The number of nitrogens with zero attached hydrogens (tertiary/aromatic N) is 3. The lowest BCUT2D eigenvalue weighted by atomic mass is 9.97. The highest BCUT2D eigenvalue weighted by Gasteiger charge is 2.40. The summed E-state index contributed by atoms with van der Waals surface area (Å²) in [5.41, 5.74) is 1.47. The molecule has 1 fully saturated rings. The van der Waals surface area contributed by atoms with Gasteiger partial charge in [0.15, 0.2) is 0 Å². The smallest absolute Gasteiger partial charge is 0.406 e. The molecule has 3 rings (SSSR count). The minimum Gasteiger partial charge on any atom is -0.406 e. The summed E-state index contributed by atoms with van der Waals surface area (Å²) in [6, 6.07) is 3.52. The van der Waals surface area contributed by atoms with Crippen LogP contribution in [0.4, 0.5) is 33.6 Å².